The van der Waals surface area contributed by atoms with Gasteiger partial charge in [0.1, 0.15) is 0 Å². The molecule has 0 aromatic carbocycles. The van der Waals surface area contributed by atoms with E-state index in [0.717, 1.165) is 18.2 Å². The van der Waals surface area contributed by atoms with Gasteiger partial charge in [0.05, 0.1) is 5.69 Å². The molecule has 0 amide bonds. The quantitative estimate of drug-likeness (QED) is 0.883. The molecule has 6 heteroatoms. The van der Waals surface area contributed by atoms with Crippen LogP contribution in [-0.2, 0) is 0 Å². The Labute approximate surface area is 155 Å². The molecule has 2 aromatic rings. The van der Waals surface area contributed by atoms with Crippen molar-refractivity contribution in [3.63, 3.8) is 0 Å². The van der Waals surface area contributed by atoms with Gasteiger partial charge < -0.3 is 4.90 Å². The Morgan fingerprint density at radius 2 is 1.73 bits per heavy atom. The molecule has 2 aromatic heterocycles. The monoisotopic (exact) mass is 352 g/mol. The Morgan fingerprint density at radius 1 is 0.923 bits per heavy atom. The Morgan fingerprint density at radius 3 is 2.58 bits per heavy atom. The normalized spacial score (nSPS) is 22.2. The SMILES string of the molecule is c1cnc(Nc2nccc(C3CCCN(CC4CCCCC4)C3)n2)nc1. The summed E-state index contributed by atoms with van der Waals surface area (Å²) in [5.41, 5.74) is 1.13. The summed E-state index contributed by atoms with van der Waals surface area (Å²) >= 11 is 0. The maximum Gasteiger partial charge on any atom is 0.229 e. The maximum absolute atomic E-state index is 4.74. The fourth-order valence-corrected chi connectivity index (χ4v) is 4.32. The molecule has 4 rings (SSSR count). The zero-order chi connectivity index (χ0) is 17.6. The van der Waals surface area contributed by atoms with Crippen LogP contribution in [0, 0.1) is 5.92 Å². The minimum atomic E-state index is 0.493. The first-order chi connectivity index (χ1) is 12.9. The van der Waals surface area contributed by atoms with Gasteiger partial charge in [-0.3, -0.25) is 5.32 Å². The lowest BCUT2D eigenvalue weighted by Gasteiger charge is -2.35. The van der Waals surface area contributed by atoms with Crippen molar-refractivity contribution in [2.24, 2.45) is 5.92 Å². The lowest BCUT2D eigenvalue weighted by atomic mass is 9.87. The van der Waals surface area contributed by atoms with E-state index in [2.05, 4.69) is 31.2 Å². The molecule has 1 N–H and O–H groups in total. The van der Waals surface area contributed by atoms with E-state index in [1.807, 2.05) is 6.20 Å². The summed E-state index contributed by atoms with van der Waals surface area (Å²) in [6.07, 6.45) is 14.8. The van der Waals surface area contributed by atoms with Crippen molar-refractivity contribution in [3.05, 3.63) is 36.4 Å². The lowest BCUT2D eigenvalue weighted by Crippen LogP contribution is -2.38. The highest BCUT2D eigenvalue weighted by atomic mass is 15.2. The highest BCUT2D eigenvalue weighted by molar-refractivity contribution is 5.41. The molecular formula is C20H28N6. The molecule has 0 radical (unpaired) electrons. The third-order valence-corrected chi connectivity index (χ3v) is 5.63. The average molecular weight is 352 g/mol. The fraction of sp³-hybridized carbons (Fsp3) is 0.600. The summed E-state index contributed by atoms with van der Waals surface area (Å²) in [5.74, 6) is 2.51. The number of nitrogens with one attached hydrogen (secondary N) is 1. The first-order valence-corrected chi connectivity index (χ1v) is 9.96. The first-order valence-electron chi connectivity index (χ1n) is 9.96. The van der Waals surface area contributed by atoms with Crippen molar-refractivity contribution in [2.75, 3.05) is 25.0 Å². The Balaban J connectivity index is 1.39. The number of rotatable bonds is 5. The van der Waals surface area contributed by atoms with E-state index >= 15 is 0 Å². The third kappa shape index (κ3) is 4.55. The van der Waals surface area contributed by atoms with E-state index in [-0.39, 0.29) is 0 Å². The van der Waals surface area contributed by atoms with E-state index < -0.39 is 0 Å². The van der Waals surface area contributed by atoms with Crippen LogP contribution in [0.4, 0.5) is 11.9 Å². The van der Waals surface area contributed by atoms with Crippen LogP contribution in [0.25, 0.3) is 0 Å². The van der Waals surface area contributed by atoms with Crippen LogP contribution in [0.5, 0.6) is 0 Å². The van der Waals surface area contributed by atoms with Crippen LogP contribution in [0.2, 0.25) is 0 Å². The van der Waals surface area contributed by atoms with Crippen molar-refractivity contribution in [1.29, 1.82) is 0 Å². The first kappa shape index (κ1) is 17.3. The van der Waals surface area contributed by atoms with Crippen molar-refractivity contribution < 1.29 is 0 Å². The zero-order valence-corrected chi connectivity index (χ0v) is 15.3. The smallest absolute Gasteiger partial charge is 0.229 e. The summed E-state index contributed by atoms with van der Waals surface area (Å²) in [7, 11) is 0. The maximum atomic E-state index is 4.74. The molecule has 6 nitrogen and oxygen atoms in total. The molecule has 1 aliphatic heterocycles. The molecule has 1 atom stereocenters. The van der Waals surface area contributed by atoms with Gasteiger partial charge in [0.15, 0.2) is 0 Å². The Bertz CT molecular complexity index is 686. The van der Waals surface area contributed by atoms with Crippen LogP contribution in [0.3, 0.4) is 0 Å². The fourth-order valence-electron chi connectivity index (χ4n) is 4.32. The van der Waals surface area contributed by atoms with Crippen LogP contribution >= 0.6 is 0 Å². The van der Waals surface area contributed by atoms with Gasteiger partial charge in [-0.25, -0.2) is 19.9 Å². The molecule has 1 aliphatic carbocycles. The Hall–Kier alpha value is -2.08. The number of likely N-dealkylation sites (tertiary alicyclic amines) is 1. The molecule has 138 valence electrons. The Kier molecular flexibility index (Phi) is 5.69. The van der Waals surface area contributed by atoms with Crippen LogP contribution in [0.1, 0.15) is 56.6 Å². The summed E-state index contributed by atoms with van der Waals surface area (Å²) < 4.78 is 0. The molecular weight excluding hydrogens is 324 g/mol. The summed E-state index contributed by atoms with van der Waals surface area (Å²) in [6, 6.07) is 3.86. The summed E-state index contributed by atoms with van der Waals surface area (Å²) in [6.45, 7) is 3.63. The van der Waals surface area contributed by atoms with E-state index in [1.165, 1.54) is 58.0 Å². The van der Waals surface area contributed by atoms with Crippen LogP contribution in [0.15, 0.2) is 30.7 Å². The second-order valence-electron chi connectivity index (χ2n) is 7.61. The lowest BCUT2D eigenvalue weighted by molar-refractivity contribution is 0.159. The van der Waals surface area contributed by atoms with Crippen LogP contribution in [-0.4, -0.2) is 44.5 Å². The van der Waals surface area contributed by atoms with Gasteiger partial charge in [0.25, 0.3) is 0 Å². The molecule has 1 unspecified atom stereocenters. The molecule has 2 aliphatic rings. The van der Waals surface area contributed by atoms with E-state index in [9.17, 15) is 0 Å². The van der Waals surface area contributed by atoms with Crippen molar-refractivity contribution in [1.82, 2.24) is 24.8 Å². The van der Waals surface area contributed by atoms with Gasteiger partial charge in [-0.2, -0.15) is 0 Å². The second-order valence-corrected chi connectivity index (χ2v) is 7.61. The standard InChI is InChI=1S/C20H28N6/c1-2-6-16(7-3-1)14-26-13-4-8-17(15-26)18-9-12-23-20(24-18)25-19-21-10-5-11-22-19/h5,9-12,16-17H,1-4,6-8,13-15H2,(H,21,22,23,24,25). The van der Waals surface area contributed by atoms with E-state index in [0.29, 0.717) is 17.8 Å². The van der Waals surface area contributed by atoms with Gasteiger partial charge >= 0.3 is 0 Å². The number of hydrogen-bond donors (Lipinski definition) is 1. The number of hydrogen-bond acceptors (Lipinski definition) is 6. The van der Waals surface area contributed by atoms with E-state index in [1.54, 1.807) is 18.5 Å². The van der Waals surface area contributed by atoms with Gasteiger partial charge in [-0.05, 0) is 50.3 Å². The average Bonchev–Trinajstić information content (AvgIpc) is 2.70. The number of nitrogens with zero attached hydrogens (tertiary/aromatic N) is 5. The number of piperidine rings is 1. The molecule has 1 saturated carbocycles. The molecule has 3 heterocycles. The molecule has 0 spiro atoms. The summed E-state index contributed by atoms with van der Waals surface area (Å²) in [4.78, 5) is 20.1. The van der Waals surface area contributed by atoms with Crippen molar-refractivity contribution >= 4 is 11.9 Å². The zero-order valence-electron chi connectivity index (χ0n) is 15.3. The minimum Gasteiger partial charge on any atom is -0.302 e. The predicted octanol–water partition coefficient (Wildman–Crippen LogP) is 3.77. The van der Waals surface area contributed by atoms with Crippen molar-refractivity contribution in [3.8, 4) is 0 Å². The number of aromatic nitrogens is 4. The predicted molar refractivity (Wildman–Crippen MR) is 102 cm³/mol. The summed E-state index contributed by atoms with van der Waals surface area (Å²) in [5, 5.41) is 3.10. The highest BCUT2D eigenvalue weighted by Gasteiger charge is 2.25. The van der Waals surface area contributed by atoms with Gasteiger partial charge in [0.2, 0.25) is 11.9 Å². The van der Waals surface area contributed by atoms with Gasteiger partial charge in [0, 0.05) is 37.6 Å². The molecule has 26 heavy (non-hydrogen) atoms. The van der Waals surface area contributed by atoms with Crippen molar-refractivity contribution in [2.45, 2.75) is 50.9 Å². The van der Waals surface area contributed by atoms with E-state index in [4.69, 9.17) is 4.98 Å². The molecule has 1 saturated heterocycles. The highest BCUT2D eigenvalue weighted by Crippen LogP contribution is 2.29. The topological polar surface area (TPSA) is 66.8 Å². The minimum absolute atomic E-state index is 0.493. The second kappa shape index (κ2) is 8.54. The molecule has 2 fully saturated rings. The van der Waals surface area contributed by atoms with Gasteiger partial charge in [-0.15, -0.1) is 0 Å². The molecule has 0 bridgehead atoms. The third-order valence-electron chi connectivity index (χ3n) is 5.63. The van der Waals surface area contributed by atoms with Gasteiger partial charge in [-0.1, -0.05) is 19.3 Å². The van der Waals surface area contributed by atoms with Crippen LogP contribution < -0.4 is 5.32 Å². The largest absolute Gasteiger partial charge is 0.302 e. The number of anilines is 2.